The molecule has 105 valence electrons. The zero-order chi connectivity index (χ0) is 14.1. The van der Waals surface area contributed by atoms with E-state index in [9.17, 15) is 0 Å². The molecule has 0 atom stereocenters. The van der Waals surface area contributed by atoms with Gasteiger partial charge in [-0.15, -0.1) is 0 Å². The summed E-state index contributed by atoms with van der Waals surface area (Å²) in [5.41, 5.74) is 2.44. The standard InChI is InChI=1S/C16H16BN2O2/c1-3-7-15-13(5-1)9-18(11-20-15)17-19-10-14-6-2-4-8-16(14)21-12-19/h1-8H,9-12H2. The van der Waals surface area contributed by atoms with Crippen LogP contribution in [0.1, 0.15) is 11.1 Å². The Kier molecular flexibility index (Phi) is 3.29. The summed E-state index contributed by atoms with van der Waals surface area (Å²) in [7, 11) is 2.10. The number of rotatable bonds is 2. The zero-order valence-corrected chi connectivity index (χ0v) is 11.7. The first-order chi connectivity index (χ1) is 10.4. The smallest absolute Gasteiger partial charge is 0.319 e. The summed E-state index contributed by atoms with van der Waals surface area (Å²) >= 11 is 0. The molecule has 0 N–H and O–H groups in total. The van der Waals surface area contributed by atoms with Gasteiger partial charge < -0.3 is 9.47 Å². The minimum Gasteiger partial charge on any atom is -0.479 e. The average molecular weight is 279 g/mol. The van der Waals surface area contributed by atoms with Crippen LogP contribution in [0.4, 0.5) is 0 Å². The molecule has 0 spiro atoms. The fourth-order valence-corrected chi connectivity index (χ4v) is 2.76. The van der Waals surface area contributed by atoms with Gasteiger partial charge in [-0.05, 0) is 12.1 Å². The van der Waals surface area contributed by atoms with E-state index in [4.69, 9.17) is 9.47 Å². The van der Waals surface area contributed by atoms with Crippen molar-refractivity contribution in [3.63, 3.8) is 0 Å². The van der Waals surface area contributed by atoms with Crippen molar-refractivity contribution in [2.75, 3.05) is 13.5 Å². The van der Waals surface area contributed by atoms with Crippen LogP contribution in [0, 0.1) is 0 Å². The van der Waals surface area contributed by atoms with Gasteiger partial charge in [0.15, 0.2) is 0 Å². The molecular weight excluding hydrogens is 263 g/mol. The minimum atomic E-state index is 0.579. The number of nitrogens with zero attached hydrogens (tertiary/aromatic N) is 2. The Labute approximate surface area is 125 Å². The lowest BCUT2D eigenvalue weighted by Gasteiger charge is -2.34. The predicted octanol–water partition coefficient (Wildman–Crippen LogP) is 2.22. The maximum Gasteiger partial charge on any atom is 0.319 e. The number of benzene rings is 2. The minimum absolute atomic E-state index is 0.579. The van der Waals surface area contributed by atoms with E-state index in [1.165, 1.54) is 11.1 Å². The normalized spacial score (nSPS) is 18.1. The molecule has 5 heteroatoms. The van der Waals surface area contributed by atoms with E-state index in [-0.39, 0.29) is 0 Å². The second-order valence-corrected chi connectivity index (χ2v) is 5.37. The summed E-state index contributed by atoms with van der Waals surface area (Å²) in [4.78, 5) is 4.33. The molecule has 0 fully saturated rings. The van der Waals surface area contributed by atoms with Crippen molar-refractivity contribution in [1.82, 2.24) is 9.62 Å². The summed E-state index contributed by atoms with van der Waals surface area (Å²) in [6.45, 7) is 2.90. The first-order valence-electron chi connectivity index (χ1n) is 7.13. The van der Waals surface area contributed by atoms with Gasteiger partial charge in [0.1, 0.15) is 25.0 Å². The Balaban J connectivity index is 1.42. The van der Waals surface area contributed by atoms with Crippen LogP contribution in [0.2, 0.25) is 0 Å². The molecule has 2 heterocycles. The second kappa shape index (κ2) is 5.43. The molecule has 0 saturated heterocycles. The molecule has 0 aromatic heterocycles. The van der Waals surface area contributed by atoms with Gasteiger partial charge in [0.05, 0.1) is 0 Å². The molecule has 4 rings (SSSR count). The first kappa shape index (κ1) is 12.7. The molecule has 0 bridgehead atoms. The third kappa shape index (κ3) is 2.62. The number of fused-ring (bicyclic) bond motifs is 2. The van der Waals surface area contributed by atoms with Crippen molar-refractivity contribution in [2.24, 2.45) is 0 Å². The maximum atomic E-state index is 5.77. The Morgan fingerprint density at radius 3 is 1.71 bits per heavy atom. The van der Waals surface area contributed by atoms with E-state index in [0.29, 0.717) is 13.5 Å². The lowest BCUT2D eigenvalue weighted by Crippen LogP contribution is -2.46. The lowest BCUT2D eigenvalue weighted by molar-refractivity contribution is 0.129. The van der Waals surface area contributed by atoms with E-state index in [2.05, 4.69) is 29.3 Å². The van der Waals surface area contributed by atoms with E-state index in [1.807, 2.05) is 36.4 Å². The largest absolute Gasteiger partial charge is 0.479 e. The van der Waals surface area contributed by atoms with Crippen molar-refractivity contribution in [1.29, 1.82) is 0 Å². The fourth-order valence-electron chi connectivity index (χ4n) is 2.76. The van der Waals surface area contributed by atoms with Gasteiger partial charge in [0, 0.05) is 24.2 Å². The highest BCUT2D eigenvalue weighted by atomic mass is 16.5. The van der Waals surface area contributed by atoms with Gasteiger partial charge in [0.25, 0.3) is 0 Å². The van der Waals surface area contributed by atoms with Gasteiger partial charge >= 0.3 is 7.55 Å². The van der Waals surface area contributed by atoms with Gasteiger partial charge in [-0.2, -0.15) is 0 Å². The molecule has 0 saturated carbocycles. The molecule has 2 aliphatic rings. The summed E-state index contributed by atoms with van der Waals surface area (Å²) in [6, 6.07) is 16.4. The Bertz CT molecular complexity index is 594. The highest BCUT2D eigenvalue weighted by Crippen LogP contribution is 2.26. The van der Waals surface area contributed by atoms with Crippen molar-refractivity contribution in [2.45, 2.75) is 13.1 Å². The number of para-hydroxylation sites is 2. The fraction of sp³-hybridized carbons (Fsp3) is 0.250. The Hall–Kier alpha value is -1.98. The van der Waals surface area contributed by atoms with Crippen LogP contribution < -0.4 is 9.47 Å². The van der Waals surface area contributed by atoms with Crippen LogP contribution in [0.25, 0.3) is 0 Å². The third-order valence-electron chi connectivity index (χ3n) is 3.79. The second-order valence-electron chi connectivity index (χ2n) is 5.37. The van der Waals surface area contributed by atoms with Gasteiger partial charge in [-0.1, -0.05) is 36.4 Å². The Morgan fingerprint density at radius 1 is 0.714 bits per heavy atom. The molecule has 0 unspecified atom stereocenters. The van der Waals surface area contributed by atoms with E-state index in [1.54, 1.807) is 0 Å². The zero-order valence-electron chi connectivity index (χ0n) is 11.7. The monoisotopic (exact) mass is 279 g/mol. The Morgan fingerprint density at radius 2 is 1.19 bits per heavy atom. The molecule has 1 radical (unpaired) electrons. The predicted molar refractivity (Wildman–Crippen MR) is 80.7 cm³/mol. The maximum absolute atomic E-state index is 5.77. The van der Waals surface area contributed by atoms with Crippen LogP contribution in [-0.4, -0.2) is 30.6 Å². The topological polar surface area (TPSA) is 24.9 Å². The molecule has 2 aromatic carbocycles. The quantitative estimate of drug-likeness (QED) is 0.787. The molecule has 2 aliphatic heterocycles. The molecule has 0 aliphatic carbocycles. The van der Waals surface area contributed by atoms with Gasteiger partial charge in [-0.3, -0.25) is 9.62 Å². The number of ether oxygens (including phenoxy) is 2. The SMILES string of the molecule is [B](N1COc2ccccc2C1)N1COc2ccccc2C1. The number of hydrogen-bond acceptors (Lipinski definition) is 4. The van der Waals surface area contributed by atoms with Crippen LogP contribution in [0.3, 0.4) is 0 Å². The van der Waals surface area contributed by atoms with Crippen molar-refractivity contribution in [3.05, 3.63) is 59.7 Å². The van der Waals surface area contributed by atoms with E-state index in [0.717, 1.165) is 24.6 Å². The van der Waals surface area contributed by atoms with E-state index >= 15 is 0 Å². The molecular formula is C16H16BN2O2. The van der Waals surface area contributed by atoms with Crippen LogP contribution in [0.5, 0.6) is 11.5 Å². The number of hydrogen-bond donors (Lipinski definition) is 0. The summed E-state index contributed by atoms with van der Waals surface area (Å²) < 4.78 is 11.5. The summed E-state index contributed by atoms with van der Waals surface area (Å²) in [5, 5.41) is 0. The lowest BCUT2D eigenvalue weighted by atomic mass is 10.00. The van der Waals surface area contributed by atoms with Crippen molar-refractivity contribution in [3.8, 4) is 11.5 Å². The summed E-state index contributed by atoms with van der Waals surface area (Å²) in [6.07, 6.45) is 0. The molecule has 2 aromatic rings. The van der Waals surface area contributed by atoms with Crippen molar-refractivity contribution < 1.29 is 9.47 Å². The summed E-state index contributed by atoms with van der Waals surface area (Å²) in [5.74, 6) is 1.98. The first-order valence-corrected chi connectivity index (χ1v) is 7.13. The van der Waals surface area contributed by atoms with Gasteiger partial charge in [0.2, 0.25) is 0 Å². The van der Waals surface area contributed by atoms with E-state index < -0.39 is 0 Å². The molecule has 4 nitrogen and oxygen atoms in total. The van der Waals surface area contributed by atoms with Crippen LogP contribution >= 0.6 is 0 Å². The third-order valence-corrected chi connectivity index (χ3v) is 3.79. The highest BCUT2D eigenvalue weighted by molar-refractivity contribution is 6.28. The molecule has 21 heavy (non-hydrogen) atoms. The van der Waals surface area contributed by atoms with Gasteiger partial charge in [-0.25, -0.2) is 0 Å². The van der Waals surface area contributed by atoms with Crippen LogP contribution in [-0.2, 0) is 13.1 Å². The highest BCUT2D eigenvalue weighted by Gasteiger charge is 2.24. The molecule has 0 amide bonds. The average Bonchev–Trinajstić information content (AvgIpc) is 2.55. The van der Waals surface area contributed by atoms with Crippen LogP contribution in [0.15, 0.2) is 48.5 Å². The van der Waals surface area contributed by atoms with Crippen molar-refractivity contribution >= 4 is 7.55 Å².